The Morgan fingerprint density at radius 2 is 2.00 bits per heavy atom. The zero-order valence-electron chi connectivity index (χ0n) is 12.1. The number of likely N-dealkylation sites (tertiary alicyclic amines) is 1. The summed E-state index contributed by atoms with van der Waals surface area (Å²) in [7, 11) is 0. The van der Waals surface area contributed by atoms with Gasteiger partial charge in [0.15, 0.2) is 0 Å². The number of halogens is 1. The van der Waals surface area contributed by atoms with E-state index >= 15 is 0 Å². The van der Waals surface area contributed by atoms with E-state index in [4.69, 9.17) is 11.6 Å². The lowest BCUT2D eigenvalue weighted by Crippen LogP contribution is -2.41. The van der Waals surface area contributed by atoms with E-state index in [0.717, 1.165) is 23.7 Å². The zero-order chi connectivity index (χ0) is 13.7. The normalized spacial score (nSPS) is 18.5. The van der Waals surface area contributed by atoms with Crippen molar-refractivity contribution in [3.05, 3.63) is 34.3 Å². The van der Waals surface area contributed by atoms with Crippen LogP contribution < -0.4 is 5.32 Å². The maximum absolute atomic E-state index is 6.15. The van der Waals surface area contributed by atoms with Gasteiger partial charge >= 0.3 is 0 Å². The number of hydrogen-bond donors (Lipinski definition) is 1. The Morgan fingerprint density at radius 3 is 2.68 bits per heavy atom. The van der Waals surface area contributed by atoms with Gasteiger partial charge in [-0.2, -0.15) is 0 Å². The van der Waals surface area contributed by atoms with Gasteiger partial charge in [-0.25, -0.2) is 0 Å². The lowest BCUT2D eigenvalue weighted by molar-refractivity contribution is 0.209. The van der Waals surface area contributed by atoms with Crippen molar-refractivity contribution in [2.75, 3.05) is 19.6 Å². The molecule has 2 nitrogen and oxygen atoms in total. The van der Waals surface area contributed by atoms with Crippen LogP contribution in [-0.2, 0) is 6.54 Å². The fourth-order valence-corrected chi connectivity index (χ4v) is 2.84. The number of hydrogen-bond acceptors (Lipinski definition) is 2. The van der Waals surface area contributed by atoms with E-state index < -0.39 is 0 Å². The monoisotopic (exact) mass is 280 g/mol. The lowest BCUT2D eigenvalue weighted by Gasteiger charge is -2.29. The molecule has 1 fully saturated rings. The van der Waals surface area contributed by atoms with Crippen LogP contribution in [0.25, 0.3) is 0 Å². The van der Waals surface area contributed by atoms with Gasteiger partial charge in [0, 0.05) is 24.2 Å². The predicted octanol–water partition coefficient (Wildman–Crippen LogP) is 3.61. The van der Waals surface area contributed by atoms with Crippen molar-refractivity contribution >= 4 is 11.6 Å². The average Bonchev–Trinajstić information content (AvgIpc) is 2.41. The molecule has 0 aromatic heterocycles. The van der Waals surface area contributed by atoms with Crippen molar-refractivity contribution in [2.24, 2.45) is 0 Å². The number of rotatable bonds is 5. The highest BCUT2D eigenvalue weighted by Gasteiger charge is 2.12. The fourth-order valence-electron chi connectivity index (χ4n) is 2.63. The first-order valence-corrected chi connectivity index (χ1v) is 7.74. The van der Waals surface area contributed by atoms with Gasteiger partial charge in [0.05, 0.1) is 0 Å². The number of nitrogens with one attached hydrogen (secondary N) is 1. The first-order valence-electron chi connectivity index (χ1n) is 7.36. The maximum atomic E-state index is 6.15. The quantitative estimate of drug-likeness (QED) is 0.886. The molecule has 1 aliphatic heterocycles. The minimum absolute atomic E-state index is 0.526. The Morgan fingerprint density at radius 1 is 1.26 bits per heavy atom. The summed E-state index contributed by atoms with van der Waals surface area (Å²) in [5.41, 5.74) is 2.41. The summed E-state index contributed by atoms with van der Waals surface area (Å²) in [5.74, 6) is 0. The third kappa shape index (κ3) is 4.79. The first-order chi connectivity index (χ1) is 9.15. The second-order valence-electron chi connectivity index (χ2n) is 5.73. The van der Waals surface area contributed by atoms with E-state index in [-0.39, 0.29) is 0 Å². The summed E-state index contributed by atoms with van der Waals surface area (Å²) in [6, 6.07) is 6.84. The van der Waals surface area contributed by atoms with Crippen LogP contribution in [0.15, 0.2) is 18.2 Å². The van der Waals surface area contributed by atoms with E-state index in [2.05, 4.69) is 35.3 Å². The Hall–Kier alpha value is -0.570. The summed E-state index contributed by atoms with van der Waals surface area (Å²) < 4.78 is 0. The highest BCUT2D eigenvalue weighted by molar-refractivity contribution is 6.31. The van der Waals surface area contributed by atoms with Crippen molar-refractivity contribution in [3.63, 3.8) is 0 Å². The van der Waals surface area contributed by atoms with Gasteiger partial charge in [-0.05, 0) is 57.0 Å². The molecule has 3 heteroatoms. The van der Waals surface area contributed by atoms with Crippen molar-refractivity contribution < 1.29 is 0 Å². The van der Waals surface area contributed by atoms with E-state index in [1.807, 2.05) is 6.92 Å². The summed E-state index contributed by atoms with van der Waals surface area (Å²) in [5, 5.41) is 4.46. The van der Waals surface area contributed by atoms with Gasteiger partial charge in [-0.15, -0.1) is 0 Å². The Bertz CT molecular complexity index is 400. The predicted molar refractivity (Wildman–Crippen MR) is 82.8 cm³/mol. The molecule has 1 aliphatic rings. The average molecular weight is 281 g/mol. The molecular formula is C16H25ClN2. The molecule has 19 heavy (non-hydrogen) atoms. The fraction of sp³-hybridized carbons (Fsp3) is 0.625. The topological polar surface area (TPSA) is 15.3 Å². The molecule has 0 bridgehead atoms. The van der Waals surface area contributed by atoms with E-state index in [0.29, 0.717) is 6.04 Å². The SMILES string of the molecule is Cc1ccc(CNC(C)CN2CCCCC2)cc1Cl. The van der Waals surface area contributed by atoms with Crippen LogP contribution >= 0.6 is 11.6 Å². The van der Waals surface area contributed by atoms with Crippen LogP contribution in [-0.4, -0.2) is 30.6 Å². The van der Waals surface area contributed by atoms with Crippen molar-refractivity contribution in [2.45, 2.75) is 45.7 Å². The maximum Gasteiger partial charge on any atom is 0.0438 e. The molecule has 1 aromatic rings. The van der Waals surface area contributed by atoms with Crippen molar-refractivity contribution in [1.29, 1.82) is 0 Å². The Labute approximate surface area is 122 Å². The standard InChI is InChI=1S/C16H25ClN2/c1-13-6-7-15(10-16(13)17)11-18-14(2)12-19-8-4-3-5-9-19/h6-7,10,14,18H,3-5,8-9,11-12H2,1-2H3. The van der Waals surface area contributed by atoms with Crippen LogP contribution in [0.2, 0.25) is 5.02 Å². The van der Waals surface area contributed by atoms with Gasteiger partial charge in [0.25, 0.3) is 0 Å². The Kier molecular flexibility index (Phi) is 5.68. The molecule has 0 saturated carbocycles. The molecule has 0 aliphatic carbocycles. The molecular weight excluding hydrogens is 256 g/mol. The van der Waals surface area contributed by atoms with Crippen LogP contribution in [0.1, 0.15) is 37.3 Å². The highest BCUT2D eigenvalue weighted by atomic mass is 35.5. The Balaban J connectivity index is 1.75. The number of benzene rings is 1. The molecule has 1 saturated heterocycles. The summed E-state index contributed by atoms with van der Waals surface area (Å²) in [6.45, 7) is 8.89. The zero-order valence-corrected chi connectivity index (χ0v) is 12.8. The largest absolute Gasteiger partial charge is 0.309 e. The molecule has 0 radical (unpaired) electrons. The van der Waals surface area contributed by atoms with Gasteiger partial charge < -0.3 is 10.2 Å². The summed E-state index contributed by atoms with van der Waals surface area (Å²) in [6.07, 6.45) is 4.13. The molecule has 2 rings (SSSR count). The van der Waals surface area contributed by atoms with Crippen LogP contribution in [0, 0.1) is 6.92 Å². The first kappa shape index (κ1) is 14.8. The molecule has 1 aromatic carbocycles. The second kappa shape index (κ2) is 7.28. The number of nitrogens with zero attached hydrogens (tertiary/aromatic N) is 1. The third-order valence-corrected chi connectivity index (χ3v) is 4.28. The molecule has 1 heterocycles. The van der Waals surface area contributed by atoms with Crippen molar-refractivity contribution in [1.82, 2.24) is 10.2 Å². The minimum atomic E-state index is 0.526. The molecule has 1 unspecified atom stereocenters. The van der Waals surface area contributed by atoms with Crippen LogP contribution in [0.5, 0.6) is 0 Å². The van der Waals surface area contributed by atoms with E-state index in [9.17, 15) is 0 Å². The van der Waals surface area contributed by atoms with Gasteiger partial charge in [-0.1, -0.05) is 30.2 Å². The number of piperidine rings is 1. The molecule has 0 spiro atoms. The smallest absolute Gasteiger partial charge is 0.0438 e. The third-order valence-electron chi connectivity index (χ3n) is 3.87. The molecule has 0 amide bonds. The van der Waals surface area contributed by atoms with Crippen LogP contribution in [0.3, 0.4) is 0 Å². The molecule has 1 atom stereocenters. The molecule has 1 N–H and O–H groups in total. The second-order valence-corrected chi connectivity index (χ2v) is 6.13. The van der Waals surface area contributed by atoms with Gasteiger partial charge in [0.2, 0.25) is 0 Å². The van der Waals surface area contributed by atoms with Crippen molar-refractivity contribution in [3.8, 4) is 0 Å². The summed E-state index contributed by atoms with van der Waals surface area (Å²) >= 11 is 6.15. The van der Waals surface area contributed by atoms with E-state index in [1.54, 1.807) is 0 Å². The van der Waals surface area contributed by atoms with Crippen LogP contribution in [0.4, 0.5) is 0 Å². The van der Waals surface area contributed by atoms with Gasteiger partial charge in [-0.3, -0.25) is 0 Å². The highest BCUT2D eigenvalue weighted by Crippen LogP contribution is 2.16. The molecule has 106 valence electrons. The van der Waals surface area contributed by atoms with Gasteiger partial charge in [0.1, 0.15) is 0 Å². The number of aryl methyl sites for hydroxylation is 1. The lowest BCUT2D eigenvalue weighted by atomic mass is 10.1. The summed E-state index contributed by atoms with van der Waals surface area (Å²) in [4.78, 5) is 2.57. The minimum Gasteiger partial charge on any atom is -0.309 e. The van der Waals surface area contributed by atoms with E-state index in [1.165, 1.54) is 37.9 Å².